The van der Waals surface area contributed by atoms with Gasteiger partial charge in [-0.2, -0.15) is 0 Å². The number of ether oxygens (including phenoxy) is 1. The minimum Gasteiger partial charge on any atom is -0.381 e. The van der Waals surface area contributed by atoms with Gasteiger partial charge in [0.2, 0.25) is 0 Å². The smallest absolute Gasteiger partial charge is 0.0472 e. The third kappa shape index (κ3) is 5.80. The topological polar surface area (TPSA) is 24.5 Å². The minimum absolute atomic E-state index is 0.408. The van der Waals surface area contributed by atoms with Crippen LogP contribution in [0, 0.1) is 11.3 Å². The Bertz CT molecular complexity index is 237. The van der Waals surface area contributed by atoms with E-state index in [1.54, 1.807) is 0 Å². The Morgan fingerprint density at radius 1 is 1.21 bits per heavy atom. The molecule has 0 radical (unpaired) electrons. The van der Waals surface area contributed by atoms with Crippen molar-refractivity contribution in [1.29, 1.82) is 0 Å². The highest BCUT2D eigenvalue weighted by atomic mass is 16.5. The average molecular weight is 270 g/mol. The molecule has 1 aliphatic rings. The maximum Gasteiger partial charge on any atom is 0.0472 e. The highest BCUT2D eigenvalue weighted by Gasteiger charge is 2.34. The standard InChI is InChI=1S/C16H34N2O/c1-6-15(4)18(5)13-16(7-9-19-10-8-16)12-17-11-14(2)3/h14-15,17H,6-13H2,1-5H3. The van der Waals surface area contributed by atoms with E-state index in [1.807, 2.05) is 0 Å². The first-order chi connectivity index (χ1) is 8.99. The van der Waals surface area contributed by atoms with Crippen molar-refractivity contribution in [2.75, 3.05) is 39.9 Å². The van der Waals surface area contributed by atoms with Gasteiger partial charge >= 0.3 is 0 Å². The molecule has 1 fully saturated rings. The van der Waals surface area contributed by atoms with Crippen molar-refractivity contribution in [3.63, 3.8) is 0 Å². The van der Waals surface area contributed by atoms with E-state index in [4.69, 9.17) is 4.74 Å². The molecular formula is C16H34N2O. The van der Waals surface area contributed by atoms with Gasteiger partial charge < -0.3 is 15.0 Å². The number of rotatable bonds is 8. The molecule has 0 bridgehead atoms. The normalized spacial score (nSPS) is 21.0. The number of nitrogens with one attached hydrogen (secondary N) is 1. The maximum atomic E-state index is 5.57. The highest BCUT2D eigenvalue weighted by Crippen LogP contribution is 2.31. The van der Waals surface area contributed by atoms with Crippen LogP contribution in [0.3, 0.4) is 0 Å². The minimum atomic E-state index is 0.408. The third-order valence-corrected chi connectivity index (χ3v) is 4.53. The molecule has 3 nitrogen and oxygen atoms in total. The van der Waals surface area contributed by atoms with Gasteiger partial charge in [-0.25, -0.2) is 0 Å². The molecule has 1 heterocycles. The van der Waals surface area contributed by atoms with Crippen LogP contribution in [0.1, 0.15) is 47.0 Å². The van der Waals surface area contributed by atoms with E-state index < -0.39 is 0 Å². The summed E-state index contributed by atoms with van der Waals surface area (Å²) in [6, 6.07) is 0.671. The van der Waals surface area contributed by atoms with Crippen LogP contribution in [0.15, 0.2) is 0 Å². The van der Waals surface area contributed by atoms with Gasteiger partial charge in [-0.15, -0.1) is 0 Å². The lowest BCUT2D eigenvalue weighted by atomic mass is 9.79. The van der Waals surface area contributed by atoms with Crippen LogP contribution in [0.25, 0.3) is 0 Å². The van der Waals surface area contributed by atoms with E-state index in [-0.39, 0.29) is 0 Å². The molecule has 0 amide bonds. The van der Waals surface area contributed by atoms with Gasteiger partial charge in [0.05, 0.1) is 0 Å². The second-order valence-corrected chi connectivity index (χ2v) is 6.81. The monoisotopic (exact) mass is 270 g/mol. The lowest BCUT2D eigenvalue weighted by Gasteiger charge is -2.42. The molecule has 1 rings (SSSR count). The Balaban J connectivity index is 2.54. The summed E-state index contributed by atoms with van der Waals surface area (Å²) < 4.78 is 5.57. The van der Waals surface area contributed by atoms with Gasteiger partial charge in [0.15, 0.2) is 0 Å². The average Bonchev–Trinajstić information content (AvgIpc) is 2.38. The zero-order valence-electron chi connectivity index (χ0n) is 13.7. The number of hydrogen-bond acceptors (Lipinski definition) is 3. The van der Waals surface area contributed by atoms with Crippen molar-refractivity contribution in [3.05, 3.63) is 0 Å². The van der Waals surface area contributed by atoms with E-state index in [2.05, 4.69) is 45.0 Å². The molecule has 0 spiro atoms. The first kappa shape index (κ1) is 16.9. The molecule has 114 valence electrons. The Morgan fingerprint density at radius 3 is 2.37 bits per heavy atom. The molecule has 1 saturated heterocycles. The van der Waals surface area contributed by atoms with Gasteiger partial charge in [-0.3, -0.25) is 0 Å². The maximum absolute atomic E-state index is 5.57. The molecule has 1 atom stereocenters. The molecule has 3 heteroatoms. The second-order valence-electron chi connectivity index (χ2n) is 6.81. The molecule has 0 aliphatic carbocycles. The van der Waals surface area contributed by atoms with Crippen molar-refractivity contribution < 1.29 is 4.74 Å². The van der Waals surface area contributed by atoms with Crippen molar-refractivity contribution in [2.24, 2.45) is 11.3 Å². The molecule has 0 saturated carbocycles. The summed E-state index contributed by atoms with van der Waals surface area (Å²) in [5, 5.41) is 3.68. The molecule has 0 aromatic rings. The van der Waals surface area contributed by atoms with Gasteiger partial charge in [0.25, 0.3) is 0 Å². The summed E-state index contributed by atoms with van der Waals surface area (Å²) in [6.45, 7) is 14.4. The predicted molar refractivity (Wildman–Crippen MR) is 82.6 cm³/mol. The third-order valence-electron chi connectivity index (χ3n) is 4.53. The zero-order valence-corrected chi connectivity index (χ0v) is 13.7. The number of nitrogens with zero attached hydrogens (tertiary/aromatic N) is 1. The van der Waals surface area contributed by atoms with Gasteiger partial charge in [-0.1, -0.05) is 20.8 Å². The largest absolute Gasteiger partial charge is 0.381 e. The van der Waals surface area contributed by atoms with Gasteiger partial charge in [0.1, 0.15) is 0 Å². The van der Waals surface area contributed by atoms with Gasteiger partial charge in [0, 0.05) is 32.3 Å². The molecule has 19 heavy (non-hydrogen) atoms. The fourth-order valence-corrected chi connectivity index (χ4v) is 2.82. The summed E-state index contributed by atoms with van der Waals surface area (Å²) in [4.78, 5) is 2.53. The Morgan fingerprint density at radius 2 is 1.84 bits per heavy atom. The van der Waals surface area contributed by atoms with E-state index in [9.17, 15) is 0 Å². The molecule has 1 N–H and O–H groups in total. The van der Waals surface area contributed by atoms with E-state index in [0.29, 0.717) is 11.5 Å². The fraction of sp³-hybridized carbons (Fsp3) is 1.00. The van der Waals surface area contributed by atoms with E-state index in [1.165, 1.54) is 25.8 Å². The molecule has 0 aromatic carbocycles. The molecule has 1 aliphatic heterocycles. The van der Waals surface area contributed by atoms with Crippen LogP contribution in [0.2, 0.25) is 0 Å². The molecular weight excluding hydrogens is 236 g/mol. The van der Waals surface area contributed by atoms with Crippen LogP contribution in [0.4, 0.5) is 0 Å². The summed E-state index contributed by atoms with van der Waals surface area (Å²) in [7, 11) is 2.27. The van der Waals surface area contributed by atoms with Crippen molar-refractivity contribution in [2.45, 2.75) is 53.0 Å². The van der Waals surface area contributed by atoms with Crippen LogP contribution < -0.4 is 5.32 Å². The highest BCUT2D eigenvalue weighted by molar-refractivity contribution is 4.87. The van der Waals surface area contributed by atoms with Gasteiger partial charge in [-0.05, 0) is 51.1 Å². The van der Waals surface area contributed by atoms with Crippen LogP contribution in [-0.2, 0) is 4.74 Å². The fourth-order valence-electron chi connectivity index (χ4n) is 2.82. The van der Waals surface area contributed by atoms with Crippen LogP contribution >= 0.6 is 0 Å². The van der Waals surface area contributed by atoms with Crippen molar-refractivity contribution in [1.82, 2.24) is 10.2 Å². The van der Waals surface area contributed by atoms with E-state index >= 15 is 0 Å². The lowest BCUT2D eigenvalue weighted by molar-refractivity contribution is -0.00604. The number of hydrogen-bond donors (Lipinski definition) is 1. The Hall–Kier alpha value is -0.120. The lowest BCUT2D eigenvalue weighted by Crippen LogP contribution is -2.48. The summed E-state index contributed by atoms with van der Waals surface area (Å²) >= 11 is 0. The summed E-state index contributed by atoms with van der Waals surface area (Å²) in [5.74, 6) is 0.726. The first-order valence-electron chi connectivity index (χ1n) is 7.98. The quantitative estimate of drug-likeness (QED) is 0.734. The van der Waals surface area contributed by atoms with Crippen molar-refractivity contribution >= 4 is 0 Å². The van der Waals surface area contributed by atoms with Crippen LogP contribution in [0.5, 0.6) is 0 Å². The zero-order chi connectivity index (χ0) is 14.3. The second kappa shape index (κ2) is 8.23. The predicted octanol–water partition coefficient (Wildman–Crippen LogP) is 2.76. The summed E-state index contributed by atoms with van der Waals surface area (Å²) in [6.07, 6.45) is 3.61. The Kier molecular flexibility index (Phi) is 7.33. The van der Waals surface area contributed by atoms with E-state index in [0.717, 1.165) is 32.2 Å². The SMILES string of the molecule is CCC(C)N(C)CC1(CNCC(C)C)CCOCC1. The van der Waals surface area contributed by atoms with Crippen molar-refractivity contribution in [3.8, 4) is 0 Å². The molecule has 1 unspecified atom stereocenters. The van der Waals surface area contributed by atoms with Crippen LogP contribution in [-0.4, -0.2) is 50.8 Å². The summed E-state index contributed by atoms with van der Waals surface area (Å²) in [5.41, 5.74) is 0.408. The molecule has 0 aromatic heterocycles. The first-order valence-corrected chi connectivity index (χ1v) is 7.98. The Labute approximate surface area is 120 Å².